The minimum atomic E-state index is -4.09. The first-order valence-electron chi connectivity index (χ1n) is 8.68. The van der Waals surface area contributed by atoms with Gasteiger partial charge in [0.25, 0.3) is 0 Å². The number of anilines is 1. The van der Waals surface area contributed by atoms with Gasteiger partial charge in [0.2, 0.25) is 5.43 Å². The van der Waals surface area contributed by atoms with Crippen LogP contribution in [0.4, 0.5) is 5.69 Å². The molecule has 0 heterocycles. The van der Waals surface area contributed by atoms with E-state index in [2.05, 4.69) is 5.32 Å². The van der Waals surface area contributed by atoms with Crippen LogP contribution in [0.2, 0.25) is 0 Å². The number of benzene rings is 1. The Morgan fingerprint density at radius 2 is 1.73 bits per heavy atom. The van der Waals surface area contributed by atoms with Crippen molar-refractivity contribution in [2.24, 2.45) is 0 Å². The van der Waals surface area contributed by atoms with Crippen LogP contribution in [0, 0.1) is 6.92 Å². The molecule has 1 N–H and O–H groups in total. The molecule has 0 bridgehead atoms. The zero-order valence-electron chi connectivity index (χ0n) is 15.6. The number of nitrogens with one attached hydrogen (secondary N) is 1. The number of hydrogen-bond donors (Lipinski definition) is 1. The van der Waals surface area contributed by atoms with Gasteiger partial charge < -0.3 is 9.50 Å². The first-order valence-corrected chi connectivity index (χ1v) is 10.1. The van der Waals surface area contributed by atoms with Crippen LogP contribution in [-0.4, -0.2) is 15.0 Å². The molecule has 0 aliphatic heterocycles. The first-order chi connectivity index (χ1) is 12.2. The van der Waals surface area contributed by atoms with E-state index in [-0.39, 0.29) is 16.6 Å². The summed E-state index contributed by atoms with van der Waals surface area (Å²) in [5.74, 6) is -0.0804. The molecular weight excluding hydrogens is 350 g/mol. The normalized spacial score (nSPS) is 11.4. The lowest BCUT2D eigenvalue weighted by Crippen LogP contribution is -2.17. The van der Waals surface area contributed by atoms with Gasteiger partial charge in [0.15, 0.2) is 5.75 Å². The van der Waals surface area contributed by atoms with Crippen LogP contribution >= 0.6 is 0 Å². The summed E-state index contributed by atoms with van der Waals surface area (Å²) in [6.45, 7) is 8.40. The van der Waals surface area contributed by atoms with Crippen molar-refractivity contribution in [1.29, 1.82) is 0 Å². The van der Waals surface area contributed by atoms with Crippen molar-refractivity contribution < 1.29 is 12.6 Å². The van der Waals surface area contributed by atoms with Crippen molar-refractivity contribution >= 4 is 15.8 Å². The van der Waals surface area contributed by atoms with Gasteiger partial charge >= 0.3 is 10.1 Å². The predicted octanol–water partition coefficient (Wildman–Crippen LogP) is 4.07. The monoisotopic (exact) mass is 375 g/mol. The van der Waals surface area contributed by atoms with E-state index >= 15 is 0 Å². The SMILES string of the molecule is CCCNc1ccc(C(C)C)cc(OS(=O)(=O)c2ccc(C)cc2)c1=O. The molecule has 140 valence electrons. The van der Waals surface area contributed by atoms with Crippen molar-refractivity contribution in [3.63, 3.8) is 0 Å². The zero-order valence-corrected chi connectivity index (χ0v) is 16.4. The van der Waals surface area contributed by atoms with Crippen molar-refractivity contribution in [2.45, 2.75) is 44.9 Å². The van der Waals surface area contributed by atoms with Gasteiger partial charge in [-0.1, -0.05) is 44.5 Å². The van der Waals surface area contributed by atoms with E-state index in [1.807, 2.05) is 33.8 Å². The Morgan fingerprint density at radius 1 is 1.08 bits per heavy atom. The van der Waals surface area contributed by atoms with Crippen molar-refractivity contribution in [3.05, 3.63) is 63.8 Å². The lowest BCUT2D eigenvalue weighted by atomic mass is 10.1. The Balaban J connectivity index is 2.52. The van der Waals surface area contributed by atoms with Gasteiger partial charge in [-0.2, -0.15) is 8.42 Å². The highest BCUT2D eigenvalue weighted by molar-refractivity contribution is 7.87. The molecule has 0 amide bonds. The molecule has 0 fully saturated rings. The van der Waals surface area contributed by atoms with Crippen LogP contribution in [0.5, 0.6) is 5.75 Å². The topological polar surface area (TPSA) is 72.5 Å². The maximum atomic E-state index is 12.8. The second-order valence-electron chi connectivity index (χ2n) is 6.52. The third-order valence-electron chi connectivity index (χ3n) is 3.95. The molecule has 0 unspecified atom stereocenters. The average molecular weight is 375 g/mol. The summed E-state index contributed by atoms with van der Waals surface area (Å²) in [5.41, 5.74) is 1.61. The maximum absolute atomic E-state index is 12.8. The Morgan fingerprint density at radius 3 is 2.31 bits per heavy atom. The summed E-state index contributed by atoms with van der Waals surface area (Å²) in [5, 5.41) is 3.03. The maximum Gasteiger partial charge on any atom is 0.339 e. The summed E-state index contributed by atoms with van der Waals surface area (Å²) in [7, 11) is -4.09. The number of aryl methyl sites for hydroxylation is 1. The molecule has 0 aliphatic carbocycles. The molecule has 0 atom stereocenters. The van der Waals surface area contributed by atoms with Crippen LogP contribution < -0.4 is 14.9 Å². The van der Waals surface area contributed by atoms with Crippen LogP contribution in [0.3, 0.4) is 0 Å². The quantitative estimate of drug-likeness (QED) is 0.739. The summed E-state index contributed by atoms with van der Waals surface area (Å²) in [6, 6.07) is 11.3. The Hall–Kier alpha value is -2.34. The number of rotatable bonds is 7. The van der Waals surface area contributed by atoms with Gasteiger partial charge in [-0.25, -0.2) is 0 Å². The van der Waals surface area contributed by atoms with E-state index in [4.69, 9.17) is 4.18 Å². The molecule has 2 rings (SSSR count). The minimum absolute atomic E-state index is 0.0168. The molecule has 26 heavy (non-hydrogen) atoms. The third kappa shape index (κ3) is 4.85. The molecule has 0 spiro atoms. The highest BCUT2D eigenvalue weighted by atomic mass is 32.2. The summed E-state index contributed by atoms with van der Waals surface area (Å²) >= 11 is 0. The van der Waals surface area contributed by atoms with Crippen molar-refractivity contribution in [3.8, 4) is 5.75 Å². The predicted molar refractivity (Wildman–Crippen MR) is 105 cm³/mol. The third-order valence-corrected chi connectivity index (χ3v) is 5.20. The largest absolute Gasteiger partial charge is 0.382 e. The fourth-order valence-electron chi connectivity index (χ4n) is 2.34. The lowest BCUT2D eigenvalue weighted by Gasteiger charge is -2.08. The van der Waals surface area contributed by atoms with E-state index in [1.165, 1.54) is 18.2 Å². The lowest BCUT2D eigenvalue weighted by molar-refractivity contribution is 0.484. The molecular formula is C20H25NO4S. The molecule has 0 saturated heterocycles. The van der Waals surface area contributed by atoms with E-state index < -0.39 is 15.5 Å². The summed E-state index contributed by atoms with van der Waals surface area (Å²) < 4.78 is 30.4. The van der Waals surface area contributed by atoms with Crippen molar-refractivity contribution in [1.82, 2.24) is 0 Å². The van der Waals surface area contributed by atoms with Gasteiger partial charge in [-0.15, -0.1) is 0 Å². The highest BCUT2D eigenvalue weighted by Crippen LogP contribution is 2.22. The fourth-order valence-corrected chi connectivity index (χ4v) is 3.27. The standard InChI is InChI=1S/C20H25NO4S/c1-5-12-21-18-11-8-16(14(2)3)13-19(20(18)22)25-26(23,24)17-9-6-15(4)7-10-17/h6-11,13-14H,5,12H2,1-4H3,(H,21,22). The molecule has 5 nitrogen and oxygen atoms in total. The van der Waals surface area contributed by atoms with Gasteiger partial charge in [0.1, 0.15) is 4.90 Å². The Kier molecular flexibility index (Phi) is 6.42. The minimum Gasteiger partial charge on any atom is -0.382 e. The number of hydrogen-bond acceptors (Lipinski definition) is 5. The van der Waals surface area contributed by atoms with Gasteiger partial charge in [-0.05, 0) is 49.1 Å². The summed E-state index contributed by atoms with van der Waals surface area (Å²) in [4.78, 5) is 12.8. The van der Waals surface area contributed by atoms with Gasteiger partial charge in [0.05, 0.1) is 5.69 Å². The van der Waals surface area contributed by atoms with Crippen LogP contribution in [-0.2, 0) is 10.1 Å². The Labute approximate surface area is 155 Å². The van der Waals surface area contributed by atoms with E-state index in [9.17, 15) is 13.2 Å². The molecule has 0 radical (unpaired) electrons. The Bertz CT molecular complexity index is 919. The van der Waals surface area contributed by atoms with Gasteiger partial charge in [-0.3, -0.25) is 4.79 Å². The van der Waals surface area contributed by atoms with Crippen LogP contribution in [0.1, 0.15) is 44.2 Å². The van der Waals surface area contributed by atoms with Crippen molar-refractivity contribution in [2.75, 3.05) is 11.9 Å². The molecule has 6 heteroatoms. The van der Waals surface area contributed by atoms with E-state index in [1.54, 1.807) is 18.2 Å². The average Bonchev–Trinajstić information content (AvgIpc) is 2.73. The zero-order chi connectivity index (χ0) is 19.3. The molecule has 2 aromatic carbocycles. The smallest absolute Gasteiger partial charge is 0.339 e. The van der Waals surface area contributed by atoms with E-state index in [0.29, 0.717) is 12.2 Å². The van der Waals surface area contributed by atoms with E-state index in [0.717, 1.165) is 17.5 Å². The first kappa shape index (κ1) is 20.0. The van der Waals surface area contributed by atoms with Crippen LogP contribution in [0.15, 0.2) is 52.2 Å². The summed E-state index contributed by atoms with van der Waals surface area (Å²) in [6.07, 6.45) is 0.840. The van der Waals surface area contributed by atoms with Crippen LogP contribution in [0.25, 0.3) is 0 Å². The second-order valence-corrected chi connectivity index (χ2v) is 8.06. The fraction of sp³-hybridized carbons (Fsp3) is 0.350. The molecule has 0 aromatic heterocycles. The molecule has 2 aromatic rings. The molecule has 0 aliphatic rings. The van der Waals surface area contributed by atoms with Gasteiger partial charge in [0, 0.05) is 6.54 Å². The molecule has 0 saturated carbocycles. The highest BCUT2D eigenvalue weighted by Gasteiger charge is 2.19. The second kappa shape index (κ2) is 8.36.